The summed E-state index contributed by atoms with van der Waals surface area (Å²) >= 11 is 0. The van der Waals surface area contributed by atoms with Crippen molar-refractivity contribution >= 4 is 18.4 Å². The molecule has 2 heterocycles. The lowest BCUT2D eigenvalue weighted by Crippen LogP contribution is -2.41. The van der Waals surface area contributed by atoms with Gasteiger partial charge in [0.15, 0.2) is 0 Å². The Balaban J connectivity index is 2.20. The first-order valence-electron chi connectivity index (χ1n) is 6.79. The van der Waals surface area contributed by atoms with Crippen LogP contribution in [0.25, 0.3) is 0 Å². The molecule has 0 atom stereocenters. The van der Waals surface area contributed by atoms with E-state index in [9.17, 15) is 0 Å². The number of nitrogens with zero attached hydrogens (tertiary/aromatic N) is 2. The minimum atomic E-state index is -0.446. The van der Waals surface area contributed by atoms with Crippen LogP contribution < -0.4 is 10.8 Å². The van der Waals surface area contributed by atoms with Crippen molar-refractivity contribution < 1.29 is 9.31 Å². The van der Waals surface area contributed by atoms with Gasteiger partial charge in [0.25, 0.3) is 0 Å². The van der Waals surface area contributed by atoms with Crippen LogP contribution in [-0.4, -0.2) is 29.8 Å². The molecule has 1 saturated heterocycles. The van der Waals surface area contributed by atoms with E-state index in [1.807, 2.05) is 39.8 Å². The Morgan fingerprint density at radius 1 is 1.30 bits per heavy atom. The third kappa shape index (κ3) is 2.79. The van der Waals surface area contributed by atoms with Crippen LogP contribution in [0.1, 0.15) is 34.1 Å². The molecule has 1 fully saturated rings. The number of anilines is 1. The van der Waals surface area contributed by atoms with Gasteiger partial charge in [0.2, 0.25) is 0 Å². The van der Waals surface area contributed by atoms with Crippen LogP contribution in [0, 0.1) is 11.3 Å². The molecule has 1 aromatic rings. The van der Waals surface area contributed by atoms with Crippen molar-refractivity contribution in [3.63, 3.8) is 0 Å². The van der Waals surface area contributed by atoms with Gasteiger partial charge >= 0.3 is 7.12 Å². The highest BCUT2D eigenvalue weighted by molar-refractivity contribution is 6.63. The van der Waals surface area contributed by atoms with Gasteiger partial charge in [-0.2, -0.15) is 5.26 Å². The Morgan fingerprint density at radius 3 is 2.55 bits per heavy atom. The maximum Gasteiger partial charge on any atom is 0.498 e. The molecule has 20 heavy (non-hydrogen) atoms. The molecule has 0 aromatic carbocycles. The SMILES string of the molecule is CC1(C)OB(c2cccnc2NCCC#N)OC1(C)C. The summed E-state index contributed by atoms with van der Waals surface area (Å²) < 4.78 is 12.1. The highest BCUT2D eigenvalue weighted by Crippen LogP contribution is 2.36. The number of aromatic nitrogens is 1. The van der Waals surface area contributed by atoms with Crippen molar-refractivity contribution in [3.8, 4) is 6.07 Å². The van der Waals surface area contributed by atoms with Crippen molar-refractivity contribution in [1.82, 2.24) is 4.98 Å². The minimum absolute atomic E-state index is 0.378. The molecule has 0 aliphatic carbocycles. The third-order valence-electron chi connectivity index (χ3n) is 3.88. The van der Waals surface area contributed by atoms with Crippen molar-refractivity contribution in [2.75, 3.05) is 11.9 Å². The van der Waals surface area contributed by atoms with Crippen LogP contribution >= 0.6 is 0 Å². The van der Waals surface area contributed by atoms with E-state index in [4.69, 9.17) is 14.6 Å². The highest BCUT2D eigenvalue weighted by Gasteiger charge is 2.52. The summed E-state index contributed by atoms with van der Waals surface area (Å²) in [5, 5.41) is 11.8. The molecule has 1 aliphatic heterocycles. The maximum absolute atomic E-state index is 8.60. The molecule has 0 bridgehead atoms. The fraction of sp³-hybridized carbons (Fsp3) is 0.571. The lowest BCUT2D eigenvalue weighted by Gasteiger charge is -2.32. The first-order valence-corrected chi connectivity index (χ1v) is 6.79. The van der Waals surface area contributed by atoms with E-state index >= 15 is 0 Å². The van der Waals surface area contributed by atoms with Crippen molar-refractivity contribution in [1.29, 1.82) is 5.26 Å². The number of rotatable bonds is 4. The smallest absolute Gasteiger partial charge is 0.399 e. The first kappa shape index (κ1) is 14.8. The average molecular weight is 273 g/mol. The molecule has 2 rings (SSSR count). The quantitative estimate of drug-likeness (QED) is 0.668. The van der Waals surface area contributed by atoms with Crippen molar-refractivity contribution in [3.05, 3.63) is 18.3 Å². The van der Waals surface area contributed by atoms with Gasteiger partial charge in [-0.3, -0.25) is 0 Å². The van der Waals surface area contributed by atoms with Crippen LogP contribution in [0.4, 0.5) is 5.82 Å². The van der Waals surface area contributed by atoms with Crippen LogP contribution in [0.15, 0.2) is 18.3 Å². The number of hydrogen-bond donors (Lipinski definition) is 1. The third-order valence-corrected chi connectivity index (χ3v) is 3.88. The van der Waals surface area contributed by atoms with Crippen molar-refractivity contribution in [2.45, 2.75) is 45.3 Å². The van der Waals surface area contributed by atoms with Crippen LogP contribution in [0.5, 0.6) is 0 Å². The van der Waals surface area contributed by atoms with Gasteiger partial charge < -0.3 is 14.6 Å². The zero-order valence-corrected chi connectivity index (χ0v) is 12.4. The Hall–Kier alpha value is -1.58. The molecule has 0 amide bonds. The number of hydrogen-bond acceptors (Lipinski definition) is 5. The van der Waals surface area contributed by atoms with Gasteiger partial charge in [-0.15, -0.1) is 0 Å². The fourth-order valence-electron chi connectivity index (χ4n) is 1.96. The zero-order chi connectivity index (χ0) is 14.8. The highest BCUT2D eigenvalue weighted by atomic mass is 16.7. The molecular formula is C14H20BN3O2. The minimum Gasteiger partial charge on any atom is -0.399 e. The first-order chi connectivity index (χ1) is 9.37. The summed E-state index contributed by atoms with van der Waals surface area (Å²) in [7, 11) is -0.446. The second kappa shape index (κ2) is 5.43. The van der Waals surface area contributed by atoms with Gasteiger partial charge in [-0.05, 0) is 33.8 Å². The van der Waals surface area contributed by atoms with E-state index < -0.39 is 7.12 Å². The van der Waals surface area contributed by atoms with E-state index in [-0.39, 0.29) is 11.2 Å². The van der Waals surface area contributed by atoms with Crippen molar-refractivity contribution in [2.24, 2.45) is 0 Å². The summed E-state index contributed by atoms with van der Waals surface area (Å²) in [5.74, 6) is 0.709. The monoisotopic (exact) mass is 273 g/mol. The Kier molecular flexibility index (Phi) is 4.02. The molecule has 5 nitrogen and oxygen atoms in total. The Morgan fingerprint density at radius 2 is 1.95 bits per heavy atom. The molecule has 106 valence electrons. The molecular weight excluding hydrogens is 253 g/mol. The summed E-state index contributed by atoms with van der Waals surface area (Å²) in [6.07, 6.45) is 2.14. The molecule has 6 heteroatoms. The molecule has 1 aliphatic rings. The lowest BCUT2D eigenvalue weighted by atomic mass is 9.79. The van der Waals surface area contributed by atoms with Crippen LogP contribution in [0.3, 0.4) is 0 Å². The van der Waals surface area contributed by atoms with E-state index in [1.54, 1.807) is 6.20 Å². The van der Waals surface area contributed by atoms with Gasteiger partial charge in [0, 0.05) is 18.2 Å². The standard InChI is InChI=1S/C14H20BN3O2/c1-13(2)14(3,4)20-15(19-13)11-7-5-9-17-12(11)18-10-6-8-16/h5,7,9H,6,10H2,1-4H3,(H,17,18). The van der Waals surface area contributed by atoms with Gasteiger partial charge in [-0.1, -0.05) is 6.07 Å². The average Bonchev–Trinajstić information content (AvgIpc) is 2.59. The number of pyridine rings is 1. The van der Waals surface area contributed by atoms with E-state index in [2.05, 4.69) is 16.4 Å². The van der Waals surface area contributed by atoms with Gasteiger partial charge in [-0.25, -0.2) is 4.98 Å². The summed E-state index contributed by atoms with van der Waals surface area (Å²) in [6.45, 7) is 8.64. The second-order valence-corrected chi connectivity index (χ2v) is 5.86. The number of nitrogens with one attached hydrogen (secondary N) is 1. The van der Waals surface area contributed by atoms with Gasteiger partial charge in [0.05, 0.1) is 23.7 Å². The predicted molar refractivity (Wildman–Crippen MR) is 78.7 cm³/mol. The fourth-order valence-corrected chi connectivity index (χ4v) is 1.96. The predicted octanol–water partition coefficient (Wildman–Crippen LogP) is 1.71. The molecule has 1 N–H and O–H groups in total. The lowest BCUT2D eigenvalue weighted by molar-refractivity contribution is 0.00578. The summed E-state index contributed by atoms with van der Waals surface area (Å²) in [4.78, 5) is 4.31. The Bertz CT molecular complexity index is 509. The van der Waals surface area contributed by atoms with Crippen LogP contribution in [0.2, 0.25) is 0 Å². The maximum atomic E-state index is 8.60. The molecule has 1 aromatic heterocycles. The summed E-state index contributed by atoms with van der Waals surface area (Å²) in [6, 6.07) is 5.89. The van der Waals surface area contributed by atoms with E-state index in [1.165, 1.54) is 0 Å². The largest absolute Gasteiger partial charge is 0.498 e. The zero-order valence-electron chi connectivity index (χ0n) is 12.4. The molecule has 0 spiro atoms. The topological polar surface area (TPSA) is 67.2 Å². The van der Waals surface area contributed by atoms with E-state index in [0.29, 0.717) is 18.8 Å². The molecule has 0 saturated carbocycles. The van der Waals surface area contributed by atoms with E-state index in [0.717, 1.165) is 5.46 Å². The Labute approximate surface area is 120 Å². The molecule has 0 radical (unpaired) electrons. The van der Waals surface area contributed by atoms with Gasteiger partial charge in [0.1, 0.15) is 5.82 Å². The summed E-state index contributed by atoms with van der Waals surface area (Å²) in [5.41, 5.74) is 0.110. The normalized spacial score (nSPS) is 19.6. The van der Waals surface area contributed by atoms with Crippen LogP contribution in [-0.2, 0) is 9.31 Å². The second-order valence-electron chi connectivity index (χ2n) is 5.86. The number of nitriles is 1. The molecule has 0 unspecified atom stereocenters.